The van der Waals surface area contributed by atoms with E-state index < -0.39 is 5.60 Å². The first-order valence-corrected chi connectivity index (χ1v) is 6.79. The number of carbonyl (C=O) groups is 1. The van der Waals surface area contributed by atoms with Gasteiger partial charge >= 0.3 is 0 Å². The molecule has 0 heterocycles. The Bertz CT molecular complexity index is 190. The highest BCUT2D eigenvalue weighted by atomic mass is 32.2. The zero-order valence-electron chi connectivity index (χ0n) is 10.2. The lowest BCUT2D eigenvalue weighted by atomic mass is 10.1. The van der Waals surface area contributed by atoms with Crippen molar-refractivity contribution in [3.05, 3.63) is 0 Å². The lowest BCUT2D eigenvalue weighted by molar-refractivity contribution is -0.133. The molecule has 0 spiro atoms. The summed E-state index contributed by atoms with van der Waals surface area (Å²) in [7, 11) is 0. The van der Waals surface area contributed by atoms with Gasteiger partial charge in [0.1, 0.15) is 0 Å². The summed E-state index contributed by atoms with van der Waals surface area (Å²) in [5, 5.41) is 9.64. The summed E-state index contributed by atoms with van der Waals surface area (Å²) in [4.78, 5) is 13.5. The van der Waals surface area contributed by atoms with Gasteiger partial charge in [-0.05, 0) is 39.2 Å². The molecule has 0 bridgehead atoms. The van der Waals surface area contributed by atoms with Gasteiger partial charge < -0.3 is 10.0 Å². The molecule has 3 nitrogen and oxygen atoms in total. The SMILES string of the molecule is CCN(CC(C)(C)O)C(=O)CCCSC. The summed E-state index contributed by atoms with van der Waals surface area (Å²) in [5.74, 6) is 1.17. The van der Waals surface area contributed by atoms with Crippen LogP contribution in [0.25, 0.3) is 0 Å². The van der Waals surface area contributed by atoms with Crippen LogP contribution in [-0.2, 0) is 4.79 Å². The standard InChI is InChI=1S/C11H23NO2S/c1-5-12(9-11(2,3)14)10(13)7-6-8-15-4/h14H,5-9H2,1-4H3. The van der Waals surface area contributed by atoms with Gasteiger partial charge in [-0.2, -0.15) is 11.8 Å². The summed E-state index contributed by atoms with van der Waals surface area (Å²) in [6, 6.07) is 0. The Balaban J connectivity index is 4.00. The fourth-order valence-electron chi connectivity index (χ4n) is 1.37. The van der Waals surface area contributed by atoms with Gasteiger partial charge in [-0.3, -0.25) is 4.79 Å². The predicted molar refractivity (Wildman–Crippen MR) is 66.2 cm³/mol. The van der Waals surface area contributed by atoms with Gasteiger partial charge in [0.05, 0.1) is 5.60 Å². The Kier molecular flexibility index (Phi) is 7.02. The molecule has 1 amide bonds. The molecule has 0 aromatic rings. The molecule has 0 radical (unpaired) electrons. The van der Waals surface area contributed by atoms with Gasteiger partial charge in [-0.25, -0.2) is 0 Å². The molecule has 1 N–H and O–H groups in total. The van der Waals surface area contributed by atoms with E-state index in [1.165, 1.54) is 0 Å². The van der Waals surface area contributed by atoms with Crippen LogP contribution in [0.2, 0.25) is 0 Å². The number of carbonyl (C=O) groups excluding carboxylic acids is 1. The maximum Gasteiger partial charge on any atom is 0.222 e. The summed E-state index contributed by atoms with van der Waals surface area (Å²) >= 11 is 1.76. The molecular formula is C11H23NO2S. The summed E-state index contributed by atoms with van der Waals surface area (Å²) in [6.45, 7) is 6.48. The topological polar surface area (TPSA) is 40.5 Å². The second-order valence-electron chi connectivity index (χ2n) is 4.32. The molecule has 0 aliphatic rings. The average Bonchev–Trinajstić information content (AvgIpc) is 2.13. The number of amides is 1. The fraction of sp³-hybridized carbons (Fsp3) is 0.909. The molecule has 0 unspecified atom stereocenters. The second kappa shape index (κ2) is 7.12. The number of hydrogen-bond donors (Lipinski definition) is 1. The molecule has 90 valence electrons. The smallest absolute Gasteiger partial charge is 0.222 e. The molecule has 4 heteroatoms. The molecule has 0 atom stereocenters. The Morgan fingerprint density at radius 1 is 1.47 bits per heavy atom. The van der Waals surface area contributed by atoms with E-state index in [1.807, 2.05) is 13.2 Å². The van der Waals surface area contributed by atoms with E-state index in [-0.39, 0.29) is 5.91 Å². The number of thioether (sulfide) groups is 1. The van der Waals surface area contributed by atoms with Crippen LogP contribution in [0.15, 0.2) is 0 Å². The van der Waals surface area contributed by atoms with Crippen LogP contribution in [0.5, 0.6) is 0 Å². The monoisotopic (exact) mass is 233 g/mol. The number of rotatable bonds is 7. The Morgan fingerprint density at radius 2 is 2.07 bits per heavy atom. The van der Waals surface area contributed by atoms with Gasteiger partial charge in [0, 0.05) is 19.5 Å². The van der Waals surface area contributed by atoms with Crippen molar-refractivity contribution in [2.45, 2.75) is 39.2 Å². The maximum absolute atomic E-state index is 11.7. The van der Waals surface area contributed by atoms with Crippen molar-refractivity contribution in [1.82, 2.24) is 4.90 Å². The molecule has 0 fully saturated rings. The maximum atomic E-state index is 11.7. The van der Waals surface area contributed by atoms with Gasteiger partial charge in [-0.15, -0.1) is 0 Å². The zero-order valence-corrected chi connectivity index (χ0v) is 11.1. The number of aliphatic hydroxyl groups is 1. The lowest BCUT2D eigenvalue weighted by Gasteiger charge is -2.28. The van der Waals surface area contributed by atoms with Crippen molar-refractivity contribution < 1.29 is 9.90 Å². The minimum atomic E-state index is -0.800. The molecule has 0 aromatic carbocycles. The first-order valence-electron chi connectivity index (χ1n) is 5.39. The highest BCUT2D eigenvalue weighted by Gasteiger charge is 2.20. The van der Waals surface area contributed by atoms with Gasteiger partial charge in [0.15, 0.2) is 0 Å². The third-order valence-corrected chi connectivity index (χ3v) is 2.75. The van der Waals surface area contributed by atoms with Crippen molar-refractivity contribution >= 4 is 17.7 Å². The van der Waals surface area contributed by atoms with E-state index >= 15 is 0 Å². The fourth-order valence-corrected chi connectivity index (χ4v) is 1.80. The van der Waals surface area contributed by atoms with Gasteiger partial charge in [-0.1, -0.05) is 0 Å². The number of likely N-dealkylation sites (N-methyl/N-ethyl adjacent to an activating group) is 1. The van der Waals surface area contributed by atoms with Crippen LogP contribution in [0.3, 0.4) is 0 Å². The van der Waals surface area contributed by atoms with Crippen molar-refractivity contribution in [2.24, 2.45) is 0 Å². The first kappa shape index (κ1) is 14.8. The molecule has 0 aliphatic carbocycles. The van der Waals surface area contributed by atoms with E-state index in [2.05, 4.69) is 0 Å². The van der Waals surface area contributed by atoms with E-state index in [9.17, 15) is 9.90 Å². The zero-order chi connectivity index (χ0) is 11.9. The van der Waals surface area contributed by atoms with E-state index in [1.54, 1.807) is 30.5 Å². The van der Waals surface area contributed by atoms with Crippen LogP contribution in [-0.4, -0.2) is 46.6 Å². The molecule has 0 aromatic heterocycles. The van der Waals surface area contributed by atoms with Gasteiger partial charge in [0.25, 0.3) is 0 Å². The van der Waals surface area contributed by atoms with Crippen LogP contribution < -0.4 is 0 Å². The van der Waals surface area contributed by atoms with Gasteiger partial charge in [0.2, 0.25) is 5.91 Å². The molecular weight excluding hydrogens is 210 g/mol. The van der Waals surface area contributed by atoms with Crippen LogP contribution in [0.1, 0.15) is 33.6 Å². The summed E-state index contributed by atoms with van der Waals surface area (Å²) in [6.07, 6.45) is 3.55. The lowest BCUT2D eigenvalue weighted by Crippen LogP contribution is -2.42. The summed E-state index contributed by atoms with van der Waals surface area (Å²) in [5.41, 5.74) is -0.800. The van der Waals surface area contributed by atoms with Crippen LogP contribution >= 0.6 is 11.8 Å². The van der Waals surface area contributed by atoms with Crippen molar-refractivity contribution in [2.75, 3.05) is 25.1 Å². The van der Waals surface area contributed by atoms with E-state index in [0.29, 0.717) is 19.5 Å². The predicted octanol–water partition coefficient (Wildman–Crippen LogP) is 1.75. The number of hydrogen-bond acceptors (Lipinski definition) is 3. The van der Waals surface area contributed by atoms with Crippen molar-refractivity contribution in [3.63, 3.8) is 0 Å². The first-order chi connectivity index (χ1) is 6.90. The molecule has 0 saturated heterocycles. The Labute approximate surface area is 97.2 Å². The van der Waals surface area contributed by atoms with Crippen molar-refractivity contribution in [3.8, 4) is 0 Å². The second-order valence-corrected chi connectivity index (χ2v) is 5.30. The molecule has 0 saturated carbocycles. The Morgan fingerprint density at radius 3 is 2.47 bits per heavy atom. The summed E-state index contributed by atoms with van der Waals surface area (Å²) < 4.78 is 0. The molecule has 0 aliphatic heterocycles. The van der Waals surface area contributed by atoms with E-state index in [4.69, 9.17) is 0 Å². The van der Waals surface area contributed by atoms with Crippen LogP contribution in [0.4, 0.5) is 0 Å². The van der Waals surface area contributed by atoms with Crippen molar-refractivity contribution in [1.29, 1.82) is 0 Å². The minimum Gasteiger partial charge on any atom is -0.389 e. The highest BCUT2D eigenvalue weighted by Crippen LogP contribution is 2.08. The molecule has 15 heavy (non-hydrogen) atoms. The highest BCUT2D eigenvalue weighted by molar-refractivity contribution is 7.98. The minimum absolute atomic E-state index is 0.147. The molecule has 0 rings (SSSR count). The van der Waals surface area contributed by atoms with E-state index in [0.717, 1.165) is 12.2 Å². The third-order valence-electron chi connectivity index (χ3n) is 2.05. The normalized spacial score (nSPS) is 11.5. The third kappa shape index (κ3) is 7.68. The van der Waals surface area contributed by atoms with Crippen LogP contribution in [0, 0.1) is 0 Å². The number of nitrogens with zero attached hydrogens (tertiary/aromatic N) is 1. The Hall–Kier alpha value is -0.220. The largest absolute Gasteiger partial charge is 0.389 e. The quantitative estimate of drug-likeness (QED) is 0.681. The average molecular weight is 233 g/mol.